The van der Waals surface area contributed by atoms with E-state index in [0.29, 0.717) is 28.6 Å². The van der Waals surface area contributed by atoms with Gasteiger partial charge in [-0.05, 0) is 26.7 Å². The van der Waals surface area contributed by atoms with Gasteiger partial charge in [0, 0.05) is 16.9 Å². The van der Waals surface area contributed by atoms with Crippen LogP contribution in [-0.4, -0.2) is 17.3 Å². The van der Waals surface area contributed by atoms with E-state index in [2.05, 4.69) is 35.1 Å². The normalized spacial score (nSPS) is 12.9. The second kappa shape index (κ2) is 5.71. The molecular formula is C13H20BrNO2. The molecule has 0 saturated carbocycles. The lowest BCUT2D eigenvalue weighted by atomic mass is 10.1. The zero-order valence-electron chi connectivity index (χ0n) is 11.1. The molecule has 1 aromatic rings. The number of nitrogens with one attached hydrogen (secondary N) is 1. The van der Waals surface area contributed by atoms with Gasteiger partial charge in [0.15, 0.2) is 0 Å². The van der Waals surface area contributed by atoms with Crippen molar-refractivity contribution in [2.75, 3.05) is 6.54 Å². The van der Waals surface area contributed by atoms with E-state index in [-0.39, 0.29) is 5.91 Å². The average molecular weight is 302 g/mol. The Morgan fingerprint density at radius 3 is 2.29 bits per heavy atom. The van der Waals surface area contributed by atoms with Gasteiger partial charge in [-0.15, -0.1) is 0 Å². The summed E-state index contributed by atoms with van der Waals surface area (Å²) in [5.74, 6) is 1.94. The third kappa shape index (κ3) is 3.35. The van der Waals surface area contributed by atoms with Gasteiger partial charge in [-0.1, -0.05) is 29.8 Å². The van der Waals surface area contributed by atoms with E-state index in [1.54, 1.807) is 0 Å². The molecule has 3 nitrogen and oxygen atoms in total. The first-order valence-electron chi connectivity index (χ1n) is 5.83. The standard InChI is InChI=1S/C13H20BrNO2/c1-7(2)11(14)6-15-13(16)12-8(3)9(4)17-10(12)5/h7,11H,6H2,1-5H3,(H,15,16). The first-order valence-corrected chi connectivity index (χ1v) is 6.75. The van der Waals surface area contributed by atoms with Gasteiger partial charge in [-0.2, -0.15) is 0 Å². The van der Waals surface area contributed by atoms with Crippen molar-refractivity contribution in [2.24, 2.45) is 5.92 Å². The van der Waals surface area contributed by atoms with E-state index in [0.717, 1.165) is 11.3 Å². The molecule has 0 saturated heterocycles. The minimum absolute atomic E-state index is 0.0537. The molecule has 1 aromatic heterocycles. The third-order valence-electron chi connectivity index (χ3n) is 2.97. The van der Waals surface area contributed by atoms with Crippen molar-refractivity contribution in [3.05, 3.63) is 22.6 Å². The lowest BCUT2D eigenvalue weighted by Crippen LogP contribution is -2.32. The molecule has 1 rings (SSSR count). The van der Waals surface area contributed by atoms with Gasteiger partial charge in [0.1, 0.15) is 11.5 Å². The highest BCUT2D eigenvalue weighted by Crippen LogP contribution is 2.20. The van der Waals surface area contributed by atoms with E-state index in [9.17, 15) is 4.79 Å². The van der Waals surface area contributed by atoms with Crippen molar-refractivity contribution in [1.82, 2.24) is 5.32 Å². The van der Waals surface area contributed by atoms with E-state index in [1.165, 1.54) is 0 Å². The molecule has 0 bridgehead atoms. The maximum atomic E-state index is 12.0. The van der Waals surface area contributed by atoms with Crippen LogP contribution in [0.25, 0.3) is 0 Å². The largest absolute Gasteiger partial charge is 0.466 e. The number of aryl methyl sites for hydroxylation is 2. The number of alkyl halides is 1. The molecule has 1 unspecified atom stereocenters. The van der Waals surface area contributed by atoms with Gasteiger partial charge in [0.2, 0.25) is 0 Å². The Kier molecular flexibility index (Phi) is 4.80. The topological polar surface area (TPSA) is 42.2 Å². The van der Waals surface area contributed by atoms with E-state index in [4.69, 9.17) is 4.42 Å². The van der Waals surface area contributed by atoms with E-state index >= 15 is 0 Å². The highest BCUT2D eigenvalue weighted by molar-refractivity contribution is 9.09. The fourth-order valence-electron chi connectivity index (χ4n) is 1.64. The highest BCUT2D eigenvalue weighted by Gasteiger charge is 2.19. The van der Waals surface area contributed by atoms with Gasteiger partial charge in [0.05, 0.1) is 5.56 Å². The fraction of sp³-hybridized carbons (Fsp3) is 0.615. The van der Waals surface area contributed by atoms with Crippen molar-refractivity contribution in [3.8, 4) is 0 Å². The zero-order chi connectivity index (χ0) is 13.2. The summed E-state index contributed by atoms with van der Waals surface area (Å²) < 4.78 is 5.45. The van der Waals surface area contributed by atoms with Crippen LogP contribution in [0, 0.1) is 26.7 Å². The molecule has 1 N–H and O–H groups in total. The van der Waals surface area contributed by atoms with Gasteiger partial charge < -0.3 is 9.73 Å². The van der Waals surface area contributed by atoms with Crippen LogP contribution in [0.2, 0.25) is 0 Å². The third-order valence-corrected chi connectivity index (χ3v) is 4.35. The number of furan rings is 1. The molecule has 1 atom stereocenters. The van der Waals surface area contributed by atoms with Crippen LogP contribution in [-0.2, 0) is 0 Å². The summed E-state index contributed by atoms with van der Waals surface area (Å²) in [4.78, 5) is 12.3. The molecule has 0 spiro atoms. The minimum atomic E-state index is -0.0537. The van der Waals surface area contributed by atoms with Gasteiger partial charge in [-0.25, -0.2) is 0 Å². The summed E-state index contributed by atoms with van der Waals surface area (Å²) in [6, 6.07) is 0. The maximum Gasteiger partial charge on any atom is 0.255 e. The Bertz CT molecular complexity index is 410. The number of carbonyl (C=O) groups is 1. The monoisotopic (exact) mass is 301 g/mol. The molecule has 0 aliphatic heterocycles. The number of hydrogen-bond acceptors (Lipinski definition) is 2. The fourth-order valence-corrected chi connectivity index (χ4v) is 1.80. The summed E-state index contributed by atoms with van der Waals surface area (Å²) in [5.41, 5.74) is 1.60. The Morgan fingerprint density at radius 1 is 1.29 bits per heavy atom. The van der Waals surface area contributed by atoms with Crippen molar-refractivity contribution < 1.29 is 9.21 Å². The predicted octanol–water partition coefficient (Wildman–Crippen LogP) is 3.35. The average Bonchev–Trinajstić information content (AvgIpc) is 2.49. The van der Waals surface area contributed by atoms with Crippen molar-refractivity contribution in [3.63, 3.8) is 0 Å². The lowest BCUT2D eigenvalue weighted by molar-refractivity contribution is 0.0951. The number of rotatable bonds is 4. The van der Waals surface area contributed by atoms with Crippen LogP contribution in [0.1, 0.15) is 41.3 Å². The molecule has 0 aromatic carbocycles. The van der Waals surface area contributed by atoms with Crippen LogP contribution >= 0.6 is 15.9 Å². The molecule has 0 radical (unpaired) electrons. The maximum absolute atomic E-state index is 12.0. The Hall–Kier alpha value is -0.770. The first-order chi connectivity index (χ1) is 7.84. The molecule has 0 aliphatic carbocycles. The molecular weight excluding hydrogens is 282 g/mol. The summed E-state index contributed by atoms with van der Waals surface area (Å²) in [6.07, 6.45) is 0. The smallest absolute Gasteiger partial charge is 0.255 e. The van der Waals surface area contributed by atoms with Crippen LogP contribution in [0.15, 0.2) is 4.42 Å². The van der Waals surface area contributed by atoms with Crippen molar-refractivity contribution in [2.45, 2.75) is 39.4 Å². The van der Waals surface area contributed by atoms with Crippen LogP contribution < -0.4 is 5.32 Å². The summed E-state index contributed by atoms with van der Waals surface area (Å²) >= 11 is 3.55. The second-order valence-electron chi connectivity index (χ2n) is 4.68. The molecule has 1 heterocycles. The molecule has 4 heteroatoms. The molecule has 0 fully saturated rings. The summed E-state index contributed by atoms with van der Waals surface area (Å²) in [5, 5.41) is 2.93. The Labute approximate surface area is 111 Å². The highest BCUT2D eigenvalue weighted by atomic mass is 79.9. The van der Waals surface area contributed by atoms with Crippen LogP contribution in [0.4, 0.5) is 0 Å². The predicted molar refractivity (Wildman–Crippen MR) is 72.8 cm³/mol. The number of hydrogen-bond donors (Lipinski definition) is 1. The number of amides is 1. The van der Waals surface area contributed by atoms with E-state index < -0.39 is 0 Å². The van der Waals surface area contributed by atoms with Gasteiger partial charge in [0.25, 0.3) is 5.91 Å². The lowest BCUT2D eigenvalue weighted by Gasteiger charge is -2.14. The zero-order valence-corrected chi connectivity index (χ0v) is 12.6. The Balaban J connectivity index is 2.71. The number of carbonyl (C=O) groups excluding carboxylic acids is 1. The van der Waals surface area contributed by atoms with Crippen LogP contribution in [0.5, 0.6) is 0 Å². The van der Waals surface area contributed by atoms with Crippen molar-refractivity contribution >= 4 is 21.8 Å². The summed E-state index contributed by atoms with van der Waals surface area (Å²) in [6.45, 7) is 10.5. The second-order valence-corrected chi connectivity index (χ2v) is 5.86. The van der Waals surface area contributed by atoms with Crippen molar-refractivity contribution in [1.29, 1.82) is 0 Å². The molecule has 1 amide bonds. The SMILES string of the molecule is Cc1oc(C)c(C(=O)NCC(Br)C(C)C)c1C. The van der Waals surface area contributed by atoms with Gasteiger partial charge >= 0.3 is 0 Å². The van der Waals surface area contributed by atoms with E-state index in [1.807, 2.05) is 20.8 Å². The minimum Gasteiger partial charge on any atom is -0.466 e. The summed E-state index contributed by atoms with van der Waals surface area (Å²) in [7, 11) is 0. The Morgan fingerprint density at radius 2 is 1.88 bits per heavy atom. The molecule has 0 aliphatic rings. The number of halogens is 1. The molecule has 96 valence electrons. The quantitative estimate of drug-likeness (QED) is 0.867. The van der Waals surface area contributed by atoms with Crippen LogP contribution in [0.3, 0.4) is 0 Å². The first kappa shape index (κ1) is 14.3. The van der Waals surface area contributed by atoms with Gasteiger partial charge in [-0.3, -0.25) is 4.79 Å². The molecule has 17 heavy (non-hydrogen) atoms.